The van der Waals surface area contributed by atoms with Gasteiger partial charge in [-0.25, -0.2) is 4.79 Å². The van der Waals surface area contributed by atoms with Gasteiger partial charge in [0.1, 0.15) is 13.1 Å². The highest BCUT2D eigenvalue weighted by atomic mass is 16.4. The number of hydrogen-bond donors (Lipinski definition) is 3. The van der Waals surface area contributed by atoms with Gasteiger partial charge in [-0.05, 0) is 19.4 Å². The average molecular weight is 294 g/mol. The van der Waals surface area contributed by atoms with E-state index in [4.69, 9.17) is 10.2 Å². The lowest BCUT2D eigenvalue weighted by atomic mass is 10.1. The number of carboxylic acids is 2. The van der Waals surface area contributed by atoms with Crippen LogP contribution in [0.1, 0.15) is 24.1 Å². The van der Waals surface area contributed by atoms with Crippen molar-refractivity contribution in [3.05, 3.63) is 35.4 Å². The molecule has 0 aromatic heterocycles. The summed E-state index contributed by atoms with van der Waals surface area (Å²) in [5, 5.41) is 20.0. The Morgan fingerprint density at radius 3 is 2.00 bits per heavy atom. The number of nitrogens with one attached hydrogen (secondary N) is 1. The lowest BCUT2D eigenvalue weighted by Gasteiger charge is -2.22. The minimum absolute atomic E-state index is 0.358. The van der Waals surface area contributed by atoms with Crippen molar-refractivity contribution < 1.29 is 24.6 Å². The van der Waals surface area contributed by atoms with Crippen molar-refractivity contribution in [2.24, 2.45) is 0 Å². The van der Waals surface area contributed by atoms with Crippen LogP contribution in [-0.2, 0) is 9.59 Å². The molecule has 0 aliphatic rings. The smallest absolute Gasteiger partial charge is 0.323 e. The van der Waals surface area contributed by atoms with E-state index in [0.717, 1.165) is 16.0 Å². The van der Waals surface area contributed by atoms with Crippen LogP contribution in [0.5, 0.6) is 0 Å². The minimum atomic E-state index is -1.27. The van der Waals surface area contributed by atoms with Gasteiger partial charge in [-0.1, -0.05) is 29.8 Å². The highest BCUT2D eigenvalue weighted by Crippen LogP contribution is 2.13. The van der Waals surface area contributed by atoms with Crippen molar-refractivity contribution >= 4 is 18.0 Å². The SMILES string of the molecule is Cc1ccc(C(C)NC(=O)N(CC(=O)O)CC(=O)O)cc1. The second kappa shape index (κ2) is 7.28. The molecule has 0 heterocycles. The summed E-state index contributed by atoms with van der Waals surface area (Å²) in [5.41, 5.74) is 1.93. The van der Waals surface area contributed by atoms with Crippen molar-refractivity contribution in [1.29, 1.82) is 0 Å². The second-order valence-corrected chi connectivity index (χ2v) is 4.73. The van der Waals surface area contributed by atoms with Crippen molar-refractivity contribution in [2.45, 2.75) is 19.9 Å². The molecule has 1 aromatic rings. The highest BCUT2D eigenvalue weighted by molar-refractivity contribution is 5.84. The molecule has 21 heavy (non-hydrogen) atoms. The number of amides is 2. The standard InChI is InChI=1S/C14H18N2O5/c1-9-3-5-11(6-4-9)10(2)15-14(21)16(7-12(17)18)8-13(19)20/h3-6,10H,7-8H2,1-2H3,(H,15,21)(H,17,18)(H,19,20). The molecule has 0 fully saturated rings. The lowest BCUT2D eigenvalue weighted by molar-refractivity contribution is -0.140. The minimum Gasteiger partial charge on any atom is -0.480 e. The zero-order chi connectivity index (χ0) is 16.0. The zero-order valence-electron chi connectivity index (χ0n) is 11.9. The number of carbonyl (C=O) groups is 3. The van der Waals surface area contributed by atoms with Crippen LogP contribution in [0.15, 0.2) is 24.3 Å². The Labute approximate surface area is 122 Å². The molecule has 0 saturated heterocycles. The number of carboxylic acid groups (broad SMARTS) is 2. The number of hydrogen-bond acceptors (Lipinski definition) is 3. The van der Waals surface area contributed by atoms with Gasteiger partial charge in [0, 0.05) is 0 Å². The Balaban J connectivity index is 2.73. The van der Waals surface area contributed by atoms with Crippen LogP contribution in [0.25, 0.3) is 0 Å². The van der Waals surface area contributed by atoms with Crippen LogP contribution < -0.4 is 5.32 Å². The molecule has 2 amide bonds. The molecule has 3 N–H and O–H groups in total. The molecule has 0 spiro atoms. The molecule has 114 valence electrons. The summed E-state index contributed by atoms with van der Waals surface area (Å²) in [6, 6.07) is 6.39. The Bertz CT molecular complexity index is 511. The van der Waals surface area contributed by atoms with E-state index in [1.807, 2.05) is 31.2 Å². The van der Waals surface area contributed by atoms with Crippen molar-refractivity contribution in [2.75, 3.05) is 13.1 Å². The van der Waals surface area contributed by atoms with E-state index in [-0.39, 0.29) is 6.04 Å². The van der Waals surface area contributed by atoms with E-state index in [0.29, 0.717) is 0 Å². The average Bonchev–Trinajstić information content (AvgIpc) is 2.37. The van der Waals surface area contributed by atoms with Crippen molar-refractivity contribution in [1.82, 2.24) is 10.2 Å². The van der Waals surface area contributed by atoms with E-state index < -0.39 is 31.1 Å². The van der Waals surface area contributed by atoms with Gasteiger partial charge in [-0.3, -0.25) is 9.59 Å². The largest absolute Gasteiger partial charge is 0.480 e. The van der Waals surface area contributed by atoms with Gasteiger partial charge in [0.25, 0.3) is 0 Å². The van der Waals surface area contributed by atoms with Crippen molar-refractivity contribution in [3.8, 4) is 0 Å². The zero-order valence-corrected chi connectivity index (χ0v) is 11.9. The third-order valence-electron chi connectivity index (χ3n) is 2.86. The molecule has 7 heteroatoms. The van der Waals surface area contributed by atoms with Gasteiger partial charge in [0.15, 0.2) is 0 Å². The maximum Gasteiger partial charge on any atom is 0.323 e. The van der Waals surface area contributed by atoms with Crippen LogP contribution in [0.3, 0.4) is 0 Å². The molecular formula is C14H18N2O5. The summed E-state index contributed by atoms with van der Waals surface area (Å²) in [7, 11) is 0. The van der Waals surface area contributed by atoms with Gasteiger partial charge < -0.3 is 20.4 Å². The molecule has 0 aliphatic carbocycles. The molecule has 0 bridgehead atoms. The van der Waals surface area contributed by atoms with Gasteiger partial charge in [-0.2, -0.15) is 0 Å². The number of urea groups is 1. The fourth-order valence-electron chi connectivity index (χ4n) is 1.74. The first kappa shape index (κ1) is 16.5. The molecule has 0 radical (unpaired) electrons. The van der Waals surface area contributed by atoms with E-state index in [2.05, 4.69) is 5.32 Å². The maximum absolute atomic E-state index is 12.0. The van der Waals surface area contributed by atoms with E-state index in [1.54, 1.807) is 6.92 Å². The summed E-state index contributed by atoms with van der Waals surface area (Å²) >= 11 is 0. The fraction of sp³-hybridized carbons (Fsp3) is 0.357. The monoisotopic (exact) mass is 294 g/mol. The van der Waals surface area contributed by atoms with Crippen LogP contribution in [0.4, 0.5) is 4.79 Å². The number of rotatable bonds is 6. The Hall–Kier alpha value is -2.57. The fourth-order valence-corrected chi connectivity index (χ4v) is 1.74. The summed E-state index contributed by atoms with van der Waals surface area (Å²) < 4.78 is 0. The predicted molar refractivity (Wildman–Crippen MR) is 75.0 cm³/mol. The topological polar surface area (TPSA) is 107 Å². The first-order valence-corrected chi connectivity index (χ1v) is 6.35. The van der Waals surface area contributed by atoms with Crippen molar-refractivity contribution in [3.63, 3.8) is 0 Å². The van der Waals surface area contributed by atoms with E-state index >= 15 is 0 Å². The molecule has 1 aromatic carbocycles. The number of aliphatic carboxylic acids is 2. The summed E-state index contributed by atoms with van der Waals surface area (Å²) in [6.45, 7) is 2.34. The number of carbonyl (C=O) groups excluding carboxylic acids is 1. The summed E-state index contributed by atoms with van der Waals surface area (Å²) in [4.78, 5) is 34.0. The lowest BCUT2D eigenvalue weighted by Crippen LogP contribution is -2.45. The normalized spacial score (nSPS) is 11.5. The Kier molecular flexibility index (Phi) is 5.71. The molecule has 1 rings (SSSR count). The number of benzene rings is 1. The third kappa shape index (κ3) is 5.52. The van der Waals surface area contributed by atoms with Crippen LogP contribution in [-0.4, -0.2) is 46.2 Å². The molecule has 1 atom stereocenters. The van der Waals surface area contributed by atoms with Gasteiger partial charge >= 0.3 is 18.0 Å². The van der Waals surface area contributed by atoms with Gasteiger partial charge in [0.2, 0.25) is 0 Å². The predicted octanol–water partition coefficient (Wildman–Crippen LogP) is 1.24. The first-order chi connectivity index (χ1) is 9.79. The Morgan fingerprint density at radius 1 is 1.10 bits per heavy atom. The number of nitrogens with zero attached hydrogens (tertiary/aromatic N) is 1. The quantitative estimate of drug-likeness (QED) is 0.731. The molecular weight excluding hydrogens is 276 g/mol. The maximum atomic E-state index is 12.0. The number of aryl methyl sites for hydroxylation is 1. The molecule has 1 unspecified atom stereocenters. The third-order valence-corrected chi connectivity index (χ3v) is 2.86. The summed E-state index contributed by atoms with van der Waals surface area (Å²) in [6.07, 6.45) is 0. The van der Waals surface area contributed by atoms with Crippen LogP contribution in [0.2, 0.25) is 0 Å². The first-order valence-electron chi connectivity index (χ1n) is 6.35. The van der Waals surface area contributed by atoms with E-state index in [9.17, 15) is 14.4 Å². The molecule has 0 aliphatic heterocycles. The van der Waals surface area contributed by atoms with Gasteiger partial charge in [0.05, 0.1) is 6.04 Å². The molecule has 7 nitrogen and oxygen atoms in total. The van der Waals surface area contributed by atoms with Gasteiger partial charge in [-0.15, -0.1) is 0 Å². The summed E-state index contributed by atoms with van der Waals surface area (Å²) in [5.74, 6) is -2.54. The Morgan fingerprint density at radius 2 is 1.57 bits per heavy atom. The van der Waals surface area contributed by atoms with E-state index in [1.165, 1.54) is 0 Å². The molecule has 0 saturated carbocycles. The van der Waals surface area contributed by atoms with Crippen LogP contribution in [0, 0.1) is 6.92 Å². The van der Waals surface area contributed by atoms with Crippen LogP contribution >= 0.6 is 0 Å². The second-order valence-electron chi connectivity index (χ2n) is 4.73. The highest BCUT2D eigenvalue weighted by Gasteiger charge is 2.21.